The first kappa shape index (κ1) is 14.2. The molecule has 2 N–H and O–H groups in total. The zero-order chi connectivity index (χ0) is 13.1. The maximum atomic E-state index is 4.42. The molecule has 1 aromatic rings. The van der Waals surface area contributed by atoms with E-state index in [0.717, 1.165) is 18.8 Å². The number of hydrogen-bond donors (Lipinski definition) is 2. The van der Waals surface area contributed by atoms with E-state index in [1.807, 2.05) is 11.7 Å². The highest BCUT2D eigenvalue weighted by molar-refractivity contribution is 5.08. The zero-order valence-corrected chi connectivity index (χ0v) is 12.0. The third-order valence-electron chi connectivity index (χ3n) is 2.73. The van der Waals surface area contributed by atoms with Gasteiger partial charge in [0.15, 0.2) is 0 Å². The Kier molecular flexibility index (Phi) is 4.71. The van der Waals surface area contributed by atoms with Gasteiger partial charge < -0.3 is 10.6 Å². The third kappa shape index (κ3) is 5.33. The average Bonchev–Trinajstić information content (AvgIpc) is 2.51. The molecule has 1 heterocycles. The Bertz CT molecular complexity index is 329. The lowest BCUT2D eigenvalue weighted by molar-refractivity contribution is 0.386. The molecule has 0 bridgehead atoms. The first-order valence-electron chi connectivity index (χ1n) is 6.26. The van der Waals surface area contributed by atoms with Gasteiger partial charge in [-0.3, -0.25) is 4.68 Å². The lowest BCUT2D eigenvalue weighted by atomic mass is 10.1. The summed E-state index contributed by atoms with van der Waals surface area (Å²) in [5, 5.41) is 11.4. The molecule has 0 aliphatic heterocycles. The van der Waals surface area contributed by atoms with Crippen molar-refractivity contribution in [3.63, 3.8) is 0 Å². The molecule has 1 rings (SSSR count). The van der Waals surface area contributed by atoms with Gasteiger partial charge in [0.05, 0.1) is 5.69 Å². The minimum absolute atomic E-state index is 0.178. The molecule has 0 spiro atoms. The molecule has 0 saturated carbocycles. The molecule has 0 saturated heterocycles. The van der Waals surface area contributed by atoms with Crippen LogP contribution < -0.4 is 10.6 Å². The van der Waals surface area contributed by atoms with Gasteiger partial charge in [0.1, 0.15) is 0 Å². The average molecular weight is 238 g/mol. The Hall–Kier alpha value is -0.870. The Morgan fingerprint density at radius 3 is 2.53 bits per heavy atom. The maximum absolute atomic E-state index is 4.42. The summed E-state index contributed by atoms with van der Waals surface area (Å²) in [4.78, 5) is 0. The maximum Gasteiger partial charge on any atom is 0.0765 e. The largest absolute Gasteiger partial charge is 0.311 e. The van der Waals surface area contributed by atoms with Crippen molar-refractivity contribution in [3.05, 3.63) is 17.5 Å². The standard InChI is InChI=1S/C13H26N4/c1-10(8-15-13(3,4)5)14-9-12-7-11(2)17(6)16-12/h7,10,14-15H,8-9H2,1-6H3. The summed E-state index contributed by atoms with van der Waals surface area (Å²) < 4.78 is 1.91. The van der Waals surface area contributed by atoms with Crippen LogP contribution in [0.1, 0.15) is 39.1 Å². The lowest BCUT2D eigenvalue weighted by Crippen LogP contribution is -2.44. The molecule has 0 radical (unpaired) electrons. The molecule has 17 heavy (non-hydrogen) atoms. The Balaban J connectivity index is 2.31. The summed E-state index contributed by atoms with van der Waals surface area (Å²) in [6.45, 7) is 12.6. The predicted octanol–water partition coefficient (Wildman–Crippen LogP) is 1.59. The number of nitrogens with zero attached hydrogens (tertiary/aromatic N) is 2. The van der Waals surface area contributed by atoms with Crippen molar-refractivity contribution < 1.29 is 0 Å². The van der Waals surface area contributed by atoms with Crippen LogP contribution in [-0.2, 0) is 13.6 Å². The Labute approximate surface area is 105 Å². The topological polar surface area (TPSA) is 41.9 Å². The van der Waals surface area contributed by atoms with Crippen molar-refractivity contribution in [2.75, 3.05) is 6.54 Å². The Morgan fingerprint density at radius 2 is 2.06 bits per heavy atom. The minimum atomic E-state index is 0.178. The van der Waals surface area contributed by atoms with E-state index in [9.17, 15) is 0 Å². The first-order chi connectivity index (χ1) is 7.78. The van der Waals surface area contributed by atoms with E-state index in [1.54, 1.807) is 0 Å². The zero-order valence-electron chi connectivity index (χ0n) is 12.0. The molecule has 1 aromatic heterocycles. The van der Waals surface area contributed by atoms with E-state index in [0.29, 0.717) is 6.04 Å². The molecule has 1 atom stereocenters. The second kappa shape index (κ2) is 5.65. The van der Waals surface area contributed by atoms with E-state index in [4.69, 9.17) is 0 Å². The highest BCUT2D eigenvalue weighted by Crippen LogP contribution is 2.02. The fourth-order valence-corrected chi connectivity index (χ4v) is 1.53. The predicted molar refractivity (Wildman–Crippen MR) is 72.0 cm³/mol. The summed E-state index contributed by atoms with van der Waals surface area (Å²) in [5.74, 6) is 0. The van der Waals surface area contributed by atoms with E-state index in [-0.39, 0.29) is 5.54 Å². The molecule has 4 heteroatoms. The molecule has 0 aliphatic rings. The SMILES string of the molecule is Cc1cc(CNC(C)CNC(C)(C)C)nn1C. The molecule has 0 aliphatic carbocycles. The van der Waals surface area contributed by atoms with Crippen molar-refractivity contribution in [1.82, 2.24) is 20.4 Å². The molecule has 98 valence electrons. The van der Waals surface area contributed by atoms with Gasteiger partial charge in [0, 0.05) is 37.4 Å². The fourth-order valence-electron chi connectivity index (χ4n) is 1.53. The number of hydrogen-bond acceptors (Lipinski definition) is 3. The van der Waals surface area contributed by atoms with Gasteiger partial charge in [-0.25, -0.2) is 0 Å². The second-order valence-corrected chi connectivity index (χ2v) is 5.81. The summed E-state index contributed by atoms with van der Waals surface area (Å²) in [6, 6.07) is 2.56. The summed E-state index contributed by atoms with van der Waals surface area (Å²) >= 11 is 0. The Morgan fingerprint density at radius 1 is 1.41 bits per heavy atom. The fraction of sp³-hybridized carbons (Fsp3) is 0.769. The van der Waals surface area contributed by atoms with Gasteiger partial charge in [0.25, 0.3) is 0 Å². The van der Waals surface area contributed by atoms with Crippen molar-refractivity contribution in [2.45, 2.75) is 52.7 Å². The van der Waals surface area contributed by atoms with Crippen molar-refractivity contribution >= 4 is 0 Å². The van der Waals surface area contributed by atoms with Gasteiger partial charge >= 0.3 is 0 Å². The highest BCUT2D eigenvalue weighted by Gasteiger charge is 2.11. The second-order valence-electron chi connectivity index (χ2n) is 5.81. The number of aryl methyl sites for hydroxylation is 2. The van der Waals surface area contributed by atoms with Crippen LogP contribution in [0.25, 0.3) is 0 Å². The van der Waals surface area contributed by atoms with Crippen LogP contribution in [0.5, 0.6) is 0 Å². The van der Waals surface area contributed by atoms with Crippen LogP contribution in [0.15, 0.2) is 6.07 Å². The lowest BCUT2D eigenvalue weighted by Gasteiger charge is -2.23. The quantitative estimate of drug-likeness (QED) is 0.818. The van der Waals surface area contributed by atoms with Gasteiger partial charge in [-0.05, 0) is 40.7 Å². The molecule has 4 nitrogen and oxygen atoms in total. The van der Waals surface area contributed by atoms with Crippen LogP contribution >= 0.6 is 0 Å². The summed E-state index contributed by atoms with van der Waals surface area (Å²) in [7, 11) is 1.98. The van der Waals surface area contributed by atoms with Crippen LogP contribution in [0.3, 0.4) is 0 Å². The number of nitrogens with one attached hydrogen (secondary N) is 2. The van der Waals surface area contributed by atoms with Crippen molar-refractivity contribution in [2.24, 2.45) is 7.05 Å². The highest BCUT2D eigenvalue weighted by atomic mass is 15.3. The smallest absolute Gasteiger partial charge is 0.0765 e. The van der Waals surface area contributed by atoms with Gasteiger partial charge in [0.2, 0.25) is 0 Å². The first-order valence-corrected chi connectivity index (χ1v) is 6.26. The van der Waals surface area contributed by atoms with E-state index in [1.165, 1.54) is 5.69 Å². The summed E-state index contributed by atoms with van der Waals surface area (Å²) in [6.07, 6.45) is 0. The van der Waals surface area contributed by atoms with Gasteiger partial charge in [-0.15, -0.1) is 0 Å². The van der Waals surface area contributed by atoms with Gasteiger partial charge in [-0.1, -0.05) is 0 Å². The minimum Gasteiger partial charge on any atom is -0.311 e. The molecule has 0 amide bonds. The third-order valence-corrected chi connectivity index (χ3v) is 2.73. The normalized spacial score (nSPS) is 14.0. The van der Waals surface area contributed by atoms with Crippen molar-refractivity contribution in [1.29, 1.82) is 0 Å². The summed E-state index contributed by atoms with van der Waals surface area (Å²) in [5.41, 5.74) is 2.48. The van der Waals surface area contributed by atoms with Crippen LogP contribution in [0, 0.1) is 6.92 Å². The number of rotatable bonds is 5. The van der Waals surface area contributed by atoms with E-state index in [2.05, 4.69) is 56.4 Å². The van der Waals surface area contributed by atoms with Crippen LogP contribution in [0.4, 0.5) is 0 Å². The molecule has 0 aromatic carbocycles. The van der Waals surface area contributed by atoms with Crippen LogP contribution in [0.2, 0.25) is 0 Å². The molecular formula is C13H26N4. The number of aromatic nitrogens is 2. The van der Waals surface area contributed by atoms with E-state index >= 15 is 0 Å². The van der Waals surface area contributed by atoms with Crippen molar-refractivity contribution in [3.8, 4) is 0 Å². The molecule has 1 unspecified atom stereocenters. The molecular weight excluding hydrogens is 212 g/mol. The monoisotopic (exact) mass is 238 g/mol. The van der Waals surface area contributed by atoms with E-state index < -0.39 is 0 Å². The van der Waals surface area contributed by atoms with Crippen LogP contribution in [-0.4, -0.2) is 27.9 Å². The molecule has 0 fully saturated rings. The van der Waals surface area contributed by atoms with Gasteiger partial charge in [-0.2, -0.15) is 5.10 Å².